The third-order valence-electron chi connectivity index (χ3n) is 5.17. The van der Waals surface area contributed by atoms with Gasteiger partial charge < -0.3 is 9.64 Å². The first-order chi connectivity index (χ1) is 14.5. The van der Waals surface area contributed by atoms with Crippen LogP contribution in [0, 0.1) is 5.82 Å². The summed E-state index contributed by atoms with van der Waals surface area (Å²) in [6, 6.07) is 9.72. The zero-order chi connectivity index (χ0) is 21.1. The van der Waals surface area contributed by atoms with E-state index in [1.807, 2.05) is 11.9 Å². The van der Waals surface area contributed by atoms with Crippen molar-refractivity contribution in [2.75, 3.05) is 25.6 Å². The molecule has 30 heavy (non-hydrogen) atoms. The number of nitrogens with zero attached hydrogens (tertiary/aromatic N) is 4. The average Bonchev–Trinajstić information content (AvgIpc) is 3.21. The van der Waals surface area contributed by atoms with Gasteiger partial charge >= 0.3 is 0 Å². The number of pyridine rings is 1. The molecular formula is C23H23FN4O2. The molecule has 1 aliphatic rings. The number of anilines is 1. The first-order valence-electron chi connectivity index (χ1n) is 9.91. The van der Waals surface area contributed by atoms with Crippen molar-refractivity contribution in [1.82, 2.24) is 15.0 Å². The predicted molar refractivity (Wildman–Crippen MR) is 112 cm³/mol. The van der Waals surface area contributed by atoms with Gasteiger partial charge in [-0.2, -0.15) is 0 Å². The van der Waals surface area contributed by atoms with Crippen molar-refractivity contribution >= 4 is 11.6 Å². The SMILES string of the molecule is COc1ccnc(-c2nc3c(c(N(C)CC(=O)Cc4cccc(F)c4)n2)CCC3)c1. The van der Waals surface area contributed by atoms with Crippen molar-refractivity contribution < 1.29 is 13.9 Å². The second-order valence-electron chi connectivity index (χ2n) is 7.43. The zero-order valence-corrected chi connectivity index (χ0v) is 17.1. The molecule has 0 saturated heterocycles. The van der Waals surface area contributed by atoms with Crippen molar-refractivity contribution in [3.8, 4) is 17.3 Å². The number of methoxy groups -OCH3 is 1. The summed E-state index contributed by atoms with van der Waals surface area (Å²) in [7, 11) is 3.46. The lowest BCUT2D eigenvalue weighted by molar-refractivity contribution is -0.117. The fraction of sp³-hybridized carbons (Fsp3) is 0.304. The molecule has 0 bridgehead atoms. The van der Waals surface area contributed by atoms with Crippen LogP contribution in [-0.2, 0) is 24.1 Å². The van der Waals surface area contributed by atoms with E-state index in [9.17, 15) is 9.18 Å². The molecule has 0 aliphatic heterocycles. The summed E-state index contributed by atoms with van der Waals surface area (Å²) in [6.07, 6.45) is 4.62. The fourth-order valence-corrected chi connectivity index (χ4v) is 3.77. The van der Waals surface area contributed by atoms with E-state index in [4.69, 9.17) is 14.7 Å². The molecule has 0 radical (unpaired) electrons. The maximum Gasteiger partial charge on any atom is 0.180 e. The quantitative estimate of drug-likeness (QED) is 0.599. The van der Waals surface area contributed by atoms with Crippen LogP contribution < -0.4 is 9.64 Å². The van der Waals surface area contributed by atoms with Crippen molar-refractivity contribution in [1.29, 1.82) is 0 Å². The first kappa shape index (κ1) is 19.9. The Hall–Kier alpha value is -3.35. The molecule has 4 rings (SSSR count). The summed E-state index contributed by atoms with van der Waals surface area (Å²) < 4.78 is 18.7. The molecule has 0 spiro atoms. The minimum Gasteiger partial charge on any atom is -0.497 e. The van der Waals surface area contributed by atoms with Gasteiger partial charge in [-0.3, -0.25) is 9.78 Å². The van der Waals surface area contributed by atoms with E-state index in [2.05, 4.69) is 4.98 Å². The second kappa shape index (κ2) is 8.57. The number of benzene rings is 1. The number of aryl methyl sites for hydroxylation is 1. The van der Waals surface area contributed by atoms with E-state index in [0.29, 0.717) is 22.8 Å². The van der Waals surface area contributed by atoms with Crippen LogP contribution in [0.25, 0.3) is 11.5 Å². The molecule has 1 aromatic carbocycles. The number of rotatable bonds is 7. The molecule has 0 unspecified atom stereocenters. The standard InChI is InChI=1S/C23H23FN4O2/c1-28(14-17(29)12-15-5-3-6-16(24)11-15)23-19-7-4-8-20(19)26-22(27-23)21-13-18(30-2)9-10-25-21/h3,5-6,9-11,13H,4,7-8,12,14H2,1-2H3. The molecule has 0 N–H and O–H groups in total. The summed E-state index contributed by atoms with van der Waals surface area (Å²) in [6.45, 7) is 0.185. The van der Waals surface area contributed by atoms with Crippen LogP contribution in [0.3, 0.4) is 0 Å². The van der Waals surface area contributed by atoms with Gasteiger partial charge in [0, 0.05) is 37.0 Å². The van der Waals surface area contributed by atoms with Gasteiger partial charge in [0.05, 0.1) is 13.7 Å². The molecule has 0 fully saturated rings. The summed E-state index contributed by atoms with van der Waals surface area (Å²) in [4.78, 5) is 28.3. The zero-order valence-electron chi connectivity index (χ0n) is 17.1. The molecule has 154 valence electrons. The summed E-state index contributed by atoms with van der Waals surface area (Å²) >= 11 is 0. The first-order valence-corrected chi connectivity index (χ1v) is 9.91. The van der Waals surface area contributed by atoms with E-state index in [-0.39, 0.29) is 24.6 Å². The molecule has 6 nitrogen and oxygen atoms in total. The average molecular weight is 406 g/mol. The Balaban J connectivity index is 1.59. The topological polar surface area (TPSA) is 68.2 Å². The third-order valence-corrected chi connectivity index (χ3v) is 5.17. The number of hydrogen-bond acceptors (Lipinski definition) is 6. The van der Waals surface area contributed by atoms with Gasteiger partial charge in [0.15, 0.2) is 11.6 Å². The van der Waals surface area contributed by atoms with E-state index >= 15 is 0 Å². The molecule has 2 heterocycles. The van der Waals surface area contributed by atoms with Gasteiger partial charge in [0.25, 0.3) is 0 Å². The molecular weight excluding hydrogens is 383 g/mol. The van der Waals surface area contributed by atoms with Crippen LogP contribution >= 0.6 is 0 Å². The normalized spacial score (nSPS) is 12.5. The summed E-state index contributed by atoms with van der Waals surface area (Å²) in [5, 5.41) is 0. The predicted octanol–water partition coefficient (Wildman–Crippen LogP) is 3.42. The number of halogens is 1. The van der Waals surface area contributed by atoms with Crippen LogP contribution in [0.5, 0.6) is 5.75 Å². The number of ether oxygens (including phenoxy) is 1. The number of ketones is 1. The molecule has 3 aromatic rings. The number of aromatic nitrogens is 3. The highest BCUT2D eigenvalue weighted by atomic mass is 19.1. The Kier molecular flexibility index (Phi) is 5.70. The summed E-state index contributed by atoms with van der Waals surface area (Å²) in [5.74, 6) is 1.62. The number of likely N-dealkylation sites (N-methyl/N-ethyl adjacent to an activating group) is 1. The highest BCUT2D eigenvalue weighted by Crippen LogP contribution is 2.31. The number of carbonyl (C=O) groups excluding carboxylic acids is 1. The van der Waals surface area contributed by atoms with Crippen LogP contribution in [0.15, 0.2) is 42.6 Å². The van der Waals surface area contributed by atoms with Crippen LogP contribution in [0.4, 0.5) is 10.2 Å². The molecule has 1 aliphatic carbocycles. The lowest BCUT2D eigenvalue weighted by atomic mass is 10.1. The van der Waals surface area contributed by atoms with Gasteiger partial charge in [-0.1, -0.05) is 12.1 Å². The second-order valence-corrected chi connectivity index (χ2v) is 7.43. The van der Waals surface area contributed by atoms with Crippen LogP contribution in [0.1, 0.15) is 23.2 Å². The smallest absolute Gasteiger partial charge is 0.180 e. The third kappa shape index (κ3) is 4.30. The van der Waals surface area contributed by atoms with Gasteiger partial charge in [-0.15, -0.1) is 0 Å². The molecule has 0 saturated carbocycles. The van der Waals surface area contributed by atoms with Crippen LogP contribution in [-0.4, -0.2) is 41.4 Å². The molecule has 2 aromatic heterocycles. The van der Waals surface area contributed by atoms with Gasteiger partial charge in [0.2, 0.25) is 0 Å². The maximum atomic E-state index is 13.4. The van der Waals surface area contributed by atoms with E-state index in [1.54, 1.807) is 37.6 Å². The molecule has 0 amide bonds. The lowest BCUT2D eigenvalue weighted by Gasteiger charge is -2.21. The van der Waals surface area contributed by atoms with E-state index < -0.39 is 0 Å². The fourth-order valence-electron chi connectivity index (χ4n) is 3.77. The Bertz CT molecular complexity index is 1090. The van der Waals surface area contributed by atoms with Crippen molar-refractivity contribution in [3.63, 3.8) is 0 Å². The van der Waals surface area contributed by atoms with Crippen molar-refractivity contribution in [2.24, 2.45) is 0 Å². The Morgan fingerprint density at radius 1 is 1.20 bits per heavy atom. The maximum absolute atomic E-state index is 13.4. The largest absolute Gasteiger partial charge is 0.497 e. The van der Waals surface area contributed by atoms with Crippen molar-refractivity contribution in [2.45, 2.75) is 25.7 Å². The minimum absolute atomic E-state index is 0.00508. The van der Waals surface area contributed by atoms with E-state index in [0.717, 1.165) is 36.3 Å². The Labute approximate surface area is 174 Å². The number of fused-ring (bicyclic) bond motifs is 1. The molecule has 0 atom stereocenters. The highest BCUT2D eigenvalue weighted by Gasteiger charge is 2.23. The van der Waals surface area contributed by atoms with Crippen molar-refractivity contribution in [3.05, 3.63) is 65.2 Å². The Morgan fingerprint density at radius 3 is 2.87 bits per heavy atom. The lowest BCUT2D eigenvalue weighted by Crippen LogP contribution is -2.28. The number of carbonyl (C=O) groups is 1. The Morgan fingerprint density at radius 2 is 2.07 bits per heavy atom. The van der Waals surface area contributed by atoms with Gasteiger partial charge in [-0.05, 0) is 43.0 Å². The summed E-state index contributed by atoms with van der Waals surface area (Å²) in [5.41, 5.74) is 3.39. The highest BCUT2D eigenvalue weighted by molar-refractivity contribution is 5.85. The van der Waals surface area contributed by atoms with E-state index in [1.165, 1.54) is 12.1 Å². The molecule has 7 heteroatoms. The number of hydrogen-bond donors (Lipinski definition) is 0. The number of Topliss-reactive ketones (excluding diaryl/α,β-unsaturated/α-hetero) is 1. The van der Waals surface area contributed by atoms with Crippen LogP contribution in [0.2, 0.25) is 0 Å². The van der Waals surface area contributed by atoms with Gasteiger partial charge in [0.1, 0.15) is 23.1 Å². The minimum atomic E-state index is -0.335. The van der Waals surface area contributed by atoms with Gasteiger partial charge in [-0.25, -0.2) is 14.4 Å². The monoisotopic (exact) mass is 406 g/mol.